The summed E-state index contributed by atoms with van der Waals surface area (Å²) in [5, 5.41) is 10.0. The van der Waals surface area contributed by atoms with Gasteiger partial charge in [-0.2, -0.15) is 4.98 Å². The SMILES string of the molecule is CC(C)N1CCn2c(-c3ccccn3)nc(=O)c(O)c2C1=O. The molecule has 0 saturated carbocycles. The number of pyridine rings is 1. The molecular formula is C15H16N4O3. The van der Waals surface area contributed by atoms with E-state index in [-0.39, 0.29) is 17.6 Å². The summed E-state index contributed by atoms with van der Waals surface area (Å²) < 4.78 is 1.57. The quantitative estimate of drug-likeness (QED) is 0.889. The lowest BCUT2D eigenvalue weighted by atomic mass is 10.2. The zero-order valence-corrected chi connectivity index (χ0v) is 12.4. The summed E-state index contributed by atoms with van der Waals surface area (Å²) in [6.45, 7) is 4.73. The van der Waals surface area contributed by atoms with Gasteiger partial charge in [0.2, 0.25) is 5.75 Å². The van der Waals surface area contributed by atoms with Crippen LogP contribution in [0.4, 0.5) is 0 Å². The third-order valence-electron chi connectivity index (χ3n) is 3.71. The van der Waals surface area contributed by atoms with Crippen LogP contribution >= 0.6 is 0 Å². The lowest BCUT2D eigenvalue weighted by Crippen LogP contribution is -2.46. The minimum Gasteiger partial charge on any atom is -0.501 e. The second-order valence-corrected chi connectivity index (χ2v) is 5.40. The molecule has 0 radical (unpaired) electrons. The molecule has 0 fully saturated rings. The molecule has 0 bridgehead atoms. The van der Waals surface area contributed by atoms with E-state index >= 15 is 0 Å². The Hall–Kier alpha value is -2.70. The number of rotatable bonds is 2. The predicted molar refractivity (Wildman–Crippen MR) is 79.6 cm³/mol. The number of carbonyl (C=O) groups excluding carboxylic acids is 1. The fraction of sp³-hybridized carbons (Fsp3) is 0.333. The third-order valence-corrected chi connectivity index (χ3v) is 3.71. The number of hydrogen-bond acceptors (Lipinski definition) is 5. The molecule has 22 heavy (non-hydrogen) atoms. The van der Waals surface area contributed by atoms with Crippen molar-refractivity contribution < 1.29 is 9.90 Å². The minimum atomic E-state index is -0.814. The molecule has 2 aromatic rings. The maximum atomic E-state index is 12.6. The van der Waals surface area contributed by atoms with Crippen molar-refractivity contribution in [2.45, 2.75) is 26.4 Å². The fourth-order valence-electron chi connectivity index (χ4n) is 2.61. The number of aromatic hydroxyl groups is 1. The molecule has 2 aromatic heterocycles. The van der Waals surface area contributed by atoms with Crippen LogP contribution in [-0.2, 0) is 6.54 Å². The van der Waals surface area contributed by atoms with E-state index < -0.39 is 11.3 Å². The standard InChI is InChI=1S/C15H16N4O3/c1-9(2)18-7-8-19-11(15(18)22)12(20)14(21)17-13(19)10-5-3-4-6-16-10/h3-6,9,20H,7-8H2,1-2H3. The van der Waals surface area contributed by atoms with Crippen molar-refractivity contribution in [3.63, 3.8) is 0 Å². The van der Waals surface area contributed by atoms with Gasteiger partial charge in [0, 0.05) is 25.3 Å². The zero-order chi connectivity index (χ0) is 15.9. The highest BCUT2D eigenvalue weighted by molar-refractivity contribution is 5.96. The number of fused-ring (bicyclic) bond motifs is 1. The van der Waals surface area contributed by atoms with Crippen molar-refractivity contribution in [1.82, 2.24) is 19.4 Å². The van der Waals surface area contributed by atoms with E-state index in [4.69, 9.17) is 0 Å². The first-order valence-corrected chi connectivity index (χ1v) is 7.07. The predicted octanol–water partition coefficient (Wildman–Crippen LogP) is 0.875. The van der Waals surface area contributed by atoms with Crippen molar-refractivity contribution in [2.24, 2.45) is 0 Å². The lowest BCUT2D eigenvalue weighted by molar-refractivity contribution is 0.0641. The molecule has 7 nitrogen and oxygen atoms in total. The van der Waals surface area contributed by atoms with E-state index in [9.17, 15) is 14.7 Å². The Balaban J connectivity index is 2.24. The van der Waals surface area contributed by atoms with Gasteiger partial charge in [0.05, 0.1) is 0 Å². The molecule has 1 aliphatic rings. The van der Waals surface area contributed by atoms with Crippen LogP contribution < -0.4 is 5.56 Å². The van der Waals surface area contributed by atoms with Gasteiger partial charge in [-0.1, -0.05) is 6.07 Å². The Bertz CT molecular complexity index is 783. The van der Waals surface area contributed by atoms with Crippen molar-refractivity contribution in [2.75, 3.05) is 6.54 Å². The molecule has 0 spiro atoms. The van der Waals surface area contributed by atoms with E-state index in [2.05, 4.69) is 9.97 Å². The van der Waals surface area contributed by atoms with Crippen molar-refractivity contribution >= 4 is 5.91 Å². The molecular weight excluding hydrogens is 284 g/mol. The molecule has 0 saturated heterocycles. The largest absolute Gasteiger partial charge is 0.501 e. The topological polar surface area (TPSA) is 88.3 Å². The smallest absolute Gasteiger partial charge is 0.316 e. The molecule has 1 N–H and O–H groups in total. The maximum absolute atomic E-state index is 12.6. The van der Waals surface area contributed by atoms with Crippen LogP contribution in [0, 0.1) is 0 Å². The number of nitrogens with zero attached hydrogens (tertiary/aromatic N) is 4. The first-order chi connectivity index (χ1) is 10.5. The highest BCUT2D eigenvalue weighted by Gasteiger charge is 2.32. The summed E-state index contributed by atoms with van der Waals surface area (Å²) in [7, 11) is 0. The Morgan fingerprint density at radius 2 is 2.00 bits per heavy atom. The van der Waals surface area contributed by atoms with Crippen LogP contribution in [0.25, 0.3) is 11.5 Å². The van der Waals surface area contributed by atoms with Crippen molar-refractivity contribution in [3.05, 3.63) is 40.4 Å². The molecule has 7 heteroatoms. The van der Waals surface area contributed by atoms with Gasteiger partial charge < -0.3 is 14.6 Å². The molecule has 0 aromatic carbocycles. The average Bonchev–Trinajstić information content (AvgIpc) is 2.51. The van der Waals surface area contributed by atoms with Crippen LogP contribution in [0.5, 0.6) is 5.75 Å². The van der Waals surface area contributed by atoms with Gasteiger partial charge in [-0.25, -0.2) is 0 Å². The Labute approximate surface area is 126 Å². The minimum absolute atomic E-state index is 0.0118. The number of hydrogen-bond donors (Lipinski definition) is 1. The van der Waals surface area contributed by atoms with E-state index in [0.717, 1.165) is 0 Å². The summed E-state index contributed by atoms with van der Waals surface area (Å²) in [6, 6.07) is 5.23. The molecule has 3 heterocycles. The lowest BCUT2D eigenvalue weighted by Gasteiger charge is -2.33. The van der Waals surface area contributed by atoms with Gasteiger partial charge in [0.25, 0.3) is 5.91 Å². The third kappa shape index (κ3) is 2.14. The molecule has 0 atom stereocenters. The van der Waals surface area contributed by atoms with Gasteiger partial charge in [-0.05, 0) is 26.0 Å². The summed E-state index contributed by atoms with van der Waals surface area (Å²) in [6.07, 6.45) is 1.59. The molecule has 1 aliphatic heterocycles. The van der Waals surface area contributed by atoms with E-state index in [1.807, 2.05) is 13.8 Å². The van der Waals surface area contributed by atoms with Gasteiger partial charge in [0.1, 0.15) is 5.69 Å². The molecule has 0 aliphatic carbocycles. The van der Waals surface area contributed by atoms with Gasteiger partial charge >= 0.3 is 5.56 Å². The summed E-state index contributed by atoms with van der Waals surface area (Å²) in [4.78, 5) is 34.2. The fourth-order valence-corrected chi connectivity index (χ4v) is 2.61. The highest BCUT2D eigenvalue weighted by Crippen LogP contribution is 2.25. The Morgan fingerprint density at radius 1 is 1.23 bits per heavy atom. The summed E-state index contributed by atoms with van der Waals surface area (Å²) in [5.41, 5.74) is -0.335. The summed E-state index contributed by atoms with van der Waals surface area (Å²) in [5.74, 6) is -0.666. The van der Waals surface area contributed by atoms with Crippen LogP contribution in [0.2, 0.25) is 0 Å². The van der Waals surface area contributed by atoms with Crippen molar-refractivity contribution in [1.29, 1.82) is 0 Å². The van der Waals surface area contributed by atoms with Crippen LogP contribution in [-0.4, -0.2) is 43.0 Å². The van der Waals surface area contributed by atoms with Gasteiger partial charge in [-0.3, -0.25) is 14.6 Å². The van der Waals surface area contributed by atoms with Crippen molar-refractivity contribution in [3.8, 4) is 17.3 Å². The van der Waals surface area contributed by atoms with E-state index in [1.54, 1.807) is 33.9 Å². The maximum Gasteiger partial charge on any atom is 0.316 e. The number of aromatic nitrogens is 3. The van der Waals surface area contributed by atoms with Crippen LogP contribution in [0.3, 0.4) is 0 Å². The normalized spacial score (nSPS) is 14.3. The van der Waals surface area contributed by atoms with Gasteiger partial charge in [-0.15, -0.1) is 0 Å². The van der Waals surface area contributed by atoms with E-state index in [1.165, 1.54) is 0 Å². The van der Waals surface area contributed by atoms with Crippen LogP contribution in [0.15, 0.2) is 29.2 Å². The highest BCUT2D eigenvalue weighted by atomic mass is 16.3. The van der Waals surface area contributed by atoms with E-state index in [0.29, 0.717) is 24.6 Å². The molecule has 114 valence electrons. The first kappa shape index (κ1) is 14.2. The molecule has 0 unspecified atom stereocenters. The molecule has 1 amide bonds. The number of carbonyl (C=O) groups is 1. The zero-order valence-electron chi connectivity index (χ0n) is 12.4. The number of amides is 1. The van der Waals surface area contributed by atoms with Crippen LogP contribution in [0.1, 0.15) is 24.3 Å². The molecule has 3 rings (SSSR count). The first-order valence-electron chi connectivity index (χ1n) is 7.07. The Morgan fingerprint density at radius 3 is 2.64 bits per heavy atom. The van der Waals surface area contributed by atoms with Gasteiger partial charge in [0.15, 0.2) is 11.5 Å². The monoisotopic (exact) mass is 300 g/mol. The average molecular weight is 300 g/mol. The second-order valence-electron chi connectivity index (χ2n) is 5.40. The second kappa shape index (κ2) is 5.25. The summed E-state index contributed by atoms with van der Waals surface area (Å²) >= 11 is 0. The Kier molecular flexibility index (Phi) is 3.40.